The van der Waals surface area contributed by atoms with Crippen molar-refractivity contribution in [3.63, 3.8) is 0 Å². The lowest BCUT2D eigenvalue weighted by atomic mass is 10.1. The molecule has 0 aliphatic carbocycles. The molecule has 0 atom stereocenters. The van der Waals surface area contributed by atoms with Crippen LogP contribution in [-0.2, 0) is 0 Å². The van der Waals surface area contributed by atoms with Crippen molar-refractivity contribution in [2.24, 2.45) is 0 Å². The Morgan fingerprint density at radius 2 is 1.86 bits per heavy atom. The minimum atomic E-state index is -2.65. The van der Waals surface area contributed by atoms with Crippen LogP contribution in [0.2, 0.25) is 0 Å². The van der Waals surface area contributed by atoms with Gasteiger partial charge in [-0.15, -0.1) is 0 Å². The van der Waals surface area contributed by atoms with E-state index in [1.807, 2.05) is 6.92 Å². The van der Waals surface area contributed by atoms with Crippen LogP contribution in [0, 0.1) is 0 Å². The first-order chi connectivity index (χ1) is 10.1. The molecule has 1 aromatic heterocycles. The molecule has 0 bridgehead atoms. The van der Waals surface area contributed by atoms with Gasteiger partial charge in [0.25, 0.3) is 6.43 Å². The lowest BCUT2D eigenvalue weighted by molar-refractivity contribution is 0.146. The molecule has 6 heteroatoms. The molecule has 2 rings (SSSR count). The Hall–Kier alpha value is -2.11. The molecule has 1 N–H and O–H groups in total. The minimum Gasteiger partial charge on any atom is -0.496 e. The Balaban J connectivity index is 2.75. The van der Waals surface area contributed by atoms with Crippen molar-refractivity contribution >= 4 is 16.6 Å². The van der Waals surface area contributed by atoms with Gasteiger partial charge in [-0.05, 0) is 24.6 Å². The maximum Gasteiger partial charge on any atom is 0.280 e. The van der Waals surface area contributed by atoms with Crippen LogP contribution in [0.3, 0.4) is 0 Å². The number of fused-ring (bicyclic) bond motifs is 1. The number of nitrogens with one attached hydrogen (secondary N) is 1. The number of hydrogen-bond acceptors (Lipinski definition) is 4. The Labute approximate surface area is 122 Å². The third-order valence-corrected chi connectivity index (χ3v) is 3.13. The zero-order valence-corrected chi connectivity index (χ0v) is 12.2. The maximum absolute atomic E-state index is 13.1. The predicted molar refractivity (Wildman–Crippen MR) is 78.6 cm³/mol. The highest BCUT2D eigenvalue weighted by Crippen LogP contribution is 2.38. The van der Waals surface area contributed by atoms with E-state index < -0.39 is 6.43 Å². The van der Waals surface area contributed by atoms with Gasteiger partial charge < -0.3 is 14.8 Å². The fourth-order valence-electron chi connectivity index (χ4n) is 2.15. The fraction of sp³-hybridized carbons (Fsp3) is 0.400. The lowest BCUT2D eigenvalue weighted by Crippen LogP contribution is -2.04. The number of benzene rings is 1. The molecular weight excluding hydrogens is 278 g/mol. The van der Waals surface area contributed by atoms with Crippen LogP contribution in [0.5, 0.6) is 11.5 Å². The van der Waals surface area contributed by atoms with Gasteiger partial charge in [0, 0.05) is 12.2 Å². The summed E-state index contributed by atoms with van der Waals surface area (Å²) in [6.45, 7) is 2.67. The van der Waals surface area contributed by atoms with E-state index in [1.165, 1.54) is 20.3 Å². The third kappa shape index (κ3) is 2.99. The number of anilines is 1. The summed E-state index contributed by atoms with van der Waals surface area (Å²) in [5.74, 6) is 1.01. The molecule has 0 amide bonds. The smallest absolute Gasteiger partial charge is 0.280 e. The van der Waals surface area contributed by atoms with E-state index in [2.05, 4.69) is 10.3 Å². The lowest BCUT2D eigenvalue weighted by Gasteiger charge is -2.15. The second-order valence-corrected chi connectivity index (χ2v) is 4.52. The highest BCUT2D eigenvalue weighted by Gasteiger charge is 2.18. The molecule has 0 radical (unpaired) electrons. The van der Waals surface area contributed by atoms with Crippen molar-refractivity contribution in [1.29, 1.82) is 0 Å². The van der Waals surface area contributed by atoms with Crippen LogP contribution in [-0.4, -0.2) is 25.7 Å². The van der Waals surface area contributed by atoms with Crippen molar-refractivity contribution in [3.05, 3.63) is 23.9 Å². The maximum atomic E-state index is 13.1. The van der Waals surface area contributed by atoms with Crippen LogP contribution >= 0.6 is 0 Å². The molecule has 2 aromatic rings. The number of alkyl halides is 2. The molecule has 114 valence electrons. The van der Waals surface area contributed by atoms with E-state index in [0.717, 1.165) is 6.42 Å². The zero-order chi connectivity index (χ0) is 15.4. The van der Waals surface area contributed by atoms with Gasteiger partial charge in [-0.25, -0.2) is 13.8 Å². The van der Waals surface area contributed by atoms with E-state index in [0.29, 0.717) is 34.6 Å². The first-order valence-electron chi connectivity index (χ1n) is 6.70. The summed E-state index contributed by atoms with van der Waals surface area (Å²) < 4.78 is 36.7. The molecule has 0 saturated heterocycles. The minimum absolute atomic E-state index is 0.285. The van der Waals surface area contributed by atoms with Gasteiger partial charge in [0.05, 0.1) is 19.6 Å². The molecule has 1 heterocycles. The van der Waals surface area contributed by atoms with Gasteiger partial charge in [-0.2, -0.15) is 0 Å². The average molecular weight is 296 g/mol. The summed E-state index contributed by atoms with van der Waals surface area (Å²) in [6, 6.07) is 4.76. The van der Waals surface area contributed by atoms with E-state index in [4.69, 9.17) is 9.47 Å². The fourth-order valence-corrected chi connectivity index (χ4v) is 2.15. The number of methoxy groups -OCH3 is 2. The number of hydrogen-bond donors (Lipinski definition) is 1. The highest BCUT2D eigenvalue weighted by atomic mass is 19.3. The Bertz CT molecular complexity index is 633. The summed E-state index contributed by atoms with van der Waals surface area (Å²) in [4.78, 5) is 4.03. The summed E-state index contributed by atoms with van der Waals surface area (Å²) in [5.41, 5.74) is 0.661. The van der Waals surface area contributed by atoms with Gasteiger partial charge in [-0.1, -0.05) is 6.92 Å². The number of aromatic nitrogens is 1. The van der Waals surface area contributed by atoms with E-state index in [-0.39, 0.29) is 5.69 Å². The van der Waals surface area contributed by atoms with Gasteiger partial charge in [-0.3, -0.25) is 0 Å². The molecule has 1 aromatic carbocycles. The number of pyridine rings is 1. The first-order valence-corrected chi connectivity index (χ1v) is 6.70. The quantitative estimate of drug-likeness (QED) is 0.874. The Morgan fingerprint density at radius 3 is 2.43 bits per heavy atom. The number of rotatable bonds is 6. The number of ether oxygens (including phenoxy) is 2. The molecule has 0 unspecified atom stereocenters. The zero-order valence-electron chi connectivity index (χ0n) is 12.2. The molecule has 0 aliphatic heterocycles. The van der Waals surface area contributed by atoms with Gasteiger partial charge in [0.15, 0.2) is 0 Å². The van der Waals surface area contributed by atoms with Crippen LogP contribution in [0.25, 0.3) is 10.9 Å². The molecule has 21 heavy (non-hydrogen) atoms. The normalized spacial score (nSPS) is 11.0. The number of nitrogens with zero attached hydrogens (tertiary/aromatic N) is 1. The van der Waals surface area contributed by atoms with Crippen molar-refractivity contribution in [3.8, 4) is 11.5 Å². The topological polar surface area (TPSA) is 43.4 Å². The van der Waals surface area contributed by atoms with Crippen LogP contribution in [0.1, 0.15) is 25.5 Å². The monoisotopic (exact) mass is 296 g/mol. The molecule has 0 spiro atoms. The average Bonchev–Trinajstić information content (AvgIpc) is 2.50. The molecule has 0 saturated carbocycles. The van der Waals surface area contributed by atoms with Crippen LogP contribution in [0.15, 0.2) is 18.2 Å². The summed E-state index contributed by atoms with van der Waals surface area (Å²) in [7, 11) is 3.02. The Kier molecular flexibility index (Phi) is 4.77. The van der Waals surface area contributed by atoms with Gasteiger partial charge >= 0.3 is 0 Å². The van der Waals surface area contributed by atoms with E-state index in [1.54, 1.807) is 12.1 Å². The Morgan fingerprint density at radius 1 is 1.19 bits per heavy atom. The van der Waals surface area contributed by atoms with Crippen molar-refractivity contribution in [2.75, 3.05) is 26.1 Å². The number of halogens is 2. The second kappa shape index (κ2) is 6.56. The SMILES string of the molecule is CCCNc1cc(C(F)F)nc2c(OC)ccc(OC)c12. The summed E-state index contributed by atoms with van der Waals surface area (Å²) >= 11 is 0. The second-order valence-electron chi connectivity index (χ2n) is 4.52. The summed E-state index contributed by atoms with van der Waals surface area (Å²) in [6.07, 6.45) is -1.77. The molecular formula is C15H18F2N2O2. The predicted octanol–water partition coefficient (Wildman–Crippen LogP) is 4.01. The van der Waals surface area contributed by atoms with Crippen molar-refractivity contribution in [2.45, 2.75) is 19.8 Å². The van der Waals surface area contributed by atoms with E-state index in [9.17, 15) is 8.78 Å². The van der Waals surface area contributed by atoms with Gasteiger partial charge in [0.1, 0.15) is 22.7 Å². The first kappa shape index (κ1) is 15.3. The highest BCUT2D eigenvalue weighted by molar-refractivity contribution is 6.00. The van der Waals surface area contributed by atoms with Crippen LogP contribution < -0.4 is 14.8 Å². The summed E-state index contributed by atoms with van der Waals surface area (Å²) in [5, 5.41) is 3.80. The van der Waals surface area contributed by atoms with Crippen molar-refractivity contribution < 1.29 is 18.3 Å². The van der Waals surface area contributed by atoms with E-state index >= 15 is 0 Å². The van der Waals surface area contributed by atoms with Gasteiger partial charge in [0.2, 0.25) is 0 Å². The van der Waals surface area contributed by atoms with Crippen molar-refractivity contribution in [1.82, 2.24) is 4.98 Å². The van der Waals surface area contributed by atoms with Crippen LogP contribution in [0.4, 0.5) is 14.5 Å². The molecule has 0 aliphatic rings. The largest absolute Gasteiger partial charge is 0.496 e. The standard InChI is InChI=1S/C15H18F2N2O2/c1-4-7-18-9-8-10(15(16)17)19-14-12(21-3)6-5-11(20-2)13(9)14/h5-6,8,15H,4,7H2,1-3H3,(H,18,19). The third-order valence-electron chi connectivity index (χ3n) is 3.13. The molecule has 4 nitrogen and oxygen atoms in total. The molecule has 0 fully saturated rings.